The van der Waals surface area contributed by atoms with E-state index in [0.717, 1.165) is 19.4 Å². The summed E-state index contributed by atoms with van der Waals surface area (Å²) >= 11 is 0. The van der Waals surface area contributed by atoms with Crippen LogP contribution >= 0.6 is 0 Å². The van der Waals surface area contributed by atoms with Crippen molar-refractivity contribution in [3.63, 3.8) is 0 Å². The molecule has 3 heterocycles. The van der Waals surface area contributed by atoms with Gasteiger partial charge in [-0.05, 0) is 54.1 Å². The highest BCUT2D eigenvalue weighted by molar-refractivity contribution is 5.93. The van der Waals surface area contributed by atoms with E-state index in [0.29, 0.717) is 43.9 Å². The quantitative estimate of drug-likeness (QED) is 0.297. The van der Waals surface area contributed by atoms with Crippen molar-refractivity contribution in [2.24, 2.45) is 10.9 Å². The Morgan fingerprint density at radius 2 is 1.94 bits per heavy atom. The molecule has 178 valence electrons. The molecule has 0 aliphatic carbocycles. The molecular formula is C21H35N7O4. The highest BCUT2D eigenvalue weighted by Crippen LogP contribution is 2.25. The molecule has 1 amide bonds. The van der Waals surface area contributed by atoms with Gasteiger partial charge >= 0.3 is 6.09 Å². The molecule has 0 bridgehead atoms. The lowest BCUT2D eigenvalue weighted by Crippen LogP contribution is -2.50. The molecule has 1 aromatic heterocycles. The lowest BCUT2D eigenvalue weighted by atomic mass is 10.1. The molecule has 11 heteroatoms. The van der Waals surface area contributed by atoms with E-state index in [1.165, 1.54) is 0 Å². The van der Waals surface area contributed by atoms with E-state index in [4.69, 9.17) is 20.4 Å². The van der Waals surface area contributed by atoms with E-state index >= 15 is 0 Å². The van der Waals surface area contributed by atoms with Crippen LogP contribution in [-0.4, -0.2) is 94.4 Å². The molecule has 0 saturated carbocycles. The van der Waals surface area contributed by atoms with Gasteiger partial charge in [0.05, 0.1) is 0 Å². The van der Waals surface area contributed by atoms with Crippen LogP contribution < -0.4 is 15.4 Å². The van der Waals surface area contributed by atoms with Gasteiger partial charge in [-0.3, -0.25) is 4.90 Å². The Morgan fingerprint density at radius 1 is 1.25 bits per heavy atom. The topological polar surface area (TPSA) is 130 Å². The molecule has 0 unspecified atom stereocenters. The summed E-state index contributed by atoms with van der Waals surface area (Å²) in [6.45, 7) is 10.7. The lowest BCUT2D eigenvalue weighted by molar-refractivity contribution is 0.0240. The van der Waals surface area contributed by atoms with Crippen LogP contribution in [0.25, 0.3) is 0 Å². The second-order valence-corrected chi connectivity index (χ2v) is 9.34. The number of ether oxygens (including phenoxy) is 2. The van der Waals surface area contributed by atoms with Crippen molar-refractivity contribution in [2.75, 3.05) is 44.7 Å². The van der Waals surface area contributed by atoms with Crippen molar-refractivity contribution in [2.45, 2.75) is 58.3 Å². The van der Waals surface area contributed by atoms with Crippen LogP contribution in [0.1, 0.15) is 46.4 Å². The second-order valence-electron chi connectivity index (χ2n) is 9.34. The molecular weight excluding hydrogens is 414 g/mol. The minimum Gasteiger partial charge on any atom is -0.473 e. The largest absolute Gasteiger partial charge is 0.473 e. The maximum absolute atomic E-state index is 12.3. The van der Waals surface area contributed by atoms with E-state index in [1.54, 1.807) is 11.0 Å². The van der Waals surface area contributed by atoms with E-state index in [9.17, 15) is 4.79 Å². The summed E-state index contributed by atoms with van der Waals surface area (Å²) in [6.07, 6.45) is 1.81. The zero-order valence-corrected chi connectivity index (χ0v) is 19.6. The Hall–Kier alpha value is -2.82. The smallest absolute Gasteiger partial charge is 0.410 e. The van der Waals surface area contributed by atoms with Gasteiger partial charge in [0, 0.05) is 38.3 Å². The fourth-order valence-corrected chi connectivity index (χ4v) is 4.04. The molecule has 2 saturated heterocycles. The number of piperazine rings is 1. The number of carbonyl (C=O) groups excluding carboxylic acids is 1. The third kappa shape index (κ3) is 5.90. The number of aromatic nitrogens is 2. The Kier molecular flexibility index (Phi) is 7.27. The number of rotatable bonds is 5. The molecule has 0 radical (unpaired) electrons. The van der Waals surface area contributed by atoms with Crippen LogP contribution in [0, 0.1) is 0 Å². The first-order chi connectivity index (χ1) is 15.1. The van der Waals surface area contributed by atoms with Gasteiger partial charge in [0.25, 0.3) is 0 Å². The summed E-state index contributed by atoms with van der Waals surface area (Å²) in [4.78, 5) is 27.1. The Labute approximate surface area is 189 Å². The van der Waals surface area contributed by atoms with E-state index in [2.05, 4.69) is 27.1 Å². The van der Waals surface area contributed by atoms with Gasteiger partial charge in [0.1, 0.15) is 17.5 Å². The number of amidine groups is 1. The van der Waals surface area contributed by atoms with Crippen molar-refractivity contribution in [1.82, 2.24) is 19.8 Å². The van der Waals surface area contributed by atoms with Crippen LogP contribution in [0.5, 0.6) is 5.88 Å². The standard InChI is InChI=1S/C21H35N7O4/c1-14(15-7-6-8-26(15)5)31-17-13-16(23-19(24-17)18(22)25-30)27-9-11-28(12-10-27)20(29)32-21(2,3)4/h13-15,30H,6-12H2,1-5H3,(H2,22,25)/t14-,15-/m0/s1. The fourth-order valence-electron chi connectivity index (χ4n) is 4.04. The Morgan fingerprint density at radius 3 is 2.50 bits per heavy atom. The van der Waals surface area contributed by atoms with Crippen molar-refractivity contribution < 1.29 is 19.5 Å². The molecule has 32 heavy (non-hydrogen) atoms. The first-order valence-corrected chi connectivity index (χ1v) is 11.0. The number of nitrogens with two attached hydrogens (primary N) is 1. The molecule has 2 aliphatic heterocycles. The number of nitrogens with zero attached hydrogens (tertiary/aromatic N) is 6. The predicted octanol–water partition coefficient (Wildman–Crippen LogP) is 1.49. The highest BCUT2D eigenvalue weighted by Gasteiger charge is 2.30. The lowest BCUT2D eigenvalue weighted by Gasteiger charge is -2.36. The Bertz CT molecular complexity index is 834. The number of hydrogen-bond donors (Lipinski definition) is 2. The van der Waals surface area contributed by atoms with Crippen molar-refractivity contribution in [3.05, 3.63) is 11.9 Å². The predicted molar refractivity (Wildman–Crippen MR) is 120 cm³/mol. The number of amides is 1. The maximum atomic E-state index is 12.3. The van der Waals surface area contributed by atoms with Crippen molar-refractivity contribution in [3.8, 4) is 5.88 Å². The molecule has 2 fully saturated rings. The average molecular weight is 450 g/mol. The van der Waals surface area contributed by atoms with E-state index in [1.807, 2.05) is 32.6 Å². The highest BCUT2D eigenvalue weighted by atomic mass is 16.6. The van der Waals surface area contributed by atoms with Gasteiger partial charge in [0.15, 0.2) is 0 Å². The van der Waals surface area contributed by atoms with E-state index in [-0.39, 0.29) is 23.9 Å². The summed E-state index contributed by atoms with van der Waals surface area (Å²) in [5.74, 6) is 0.891. The summed E-state index contributed by atoms with van der Waals surface area (Å²) in [5, 5.41) is 12.2. The van der Waals surface area contributed by atoms with Crippen LogP contribution in [0.2, 0.25) is 0 Å². The second kappa shape index (κ2) is 9.76. The number of oxime groups is 1. The van der Waals surface area contributed by atoms with Crippen molar-refractivity contribution >= 4 is 17.7 Å². The molecule has 2 atom stereocenters. The molecule has 3 N–H and O–H groups in total. The van der Waals surface area contributed by atoms with Crippen molar-refractivity contribution in [1.29, 1.82) is 0 Å². The summed E-state index contributed by atoms with van der Waals surface area (Å²) in [6, 6.07) is 2.07. The molecule has 11 nitrogen and oxygen atoms in total. The molecule has 3 rings (SSSR count). The van der Waals surface area contributed by atoms with Gasteiger partial charge in [-0.1, -0.05) is 5.16 Å². The number of likely N-dealkylation sites (N-methyl/N-ethyl adjacent to an activating group) is 1. The Balaban J connectivity index is 1.73. The van der Waals surface area contributed by atoms with Crippen LogP contribution in [0.15, 0.2) is 11.2 Å². The maximum Gasteiger partial charge on any atom is 0.410 e. The SMILES string of the molecule is C[C@H](Oc1cc(N2CCN(C(=O)OC(C)(C)C)CC2)nc(/C(N)=N/O)n1)[C@@H]1CCCN1C. The van der Waals surface area contributed by atoms with Gasteiger partial charge in [-0.2, -0.15) is 4.98 Å². The number of likely N-dealkylation sites (tertiary alicyclic amines) is 1. The number of carbonyl (C=O) groups is 1. The summed E-state index contributed by atoms with van der Waals surface area (Å²) in [5.41, 5.74) is 5.25. The molecule has 0 aromatic carbocycles. The molecule has 0 spiro atoms. The normalized spacial score (nSPS) is 21.5. The zero-order valence-electron chi connectivity index (χ0n) is 19.6. The summed E-state index contributed by atoms with van der Waals surface area (Å²) < 4.78 is 11.6. The number of hydrogen-bond acceptors (Lipinski definition) is 9. The van der Waals surface area contributed by atoms with Crippen LogP contribution in [-0.2, 0) is 4.74 Å². The minimum absolute atomic E-state index is 0.0746. The van der Waals surface area contributed by atoms with Gasteiger partial charge in [0.2, 0.25) is 17.5 Å². The fraction of sp³-hybridized carbons (Fsp3) is 0.714. The van der Waals surface area contributed by atoms with Crippen LogP contribution in [0.4, 0.5) is 10.6 Å². The van der Waals surface area contributed by atoms with Gasteiger partial charge in [-0.25, -0.2) is 9.78 Å². The summed E-state index contributed by atoms with van der Waals surface area (Å²) in [7, 11) is 2.09. The first-order valence-electron chi connectivity index (χ1n) is 11.0. The van der Waals surface area contributed by atoms with Gasteiger partial charge in [-0.15, -0.1) is 0 Å². The van der Waals surface area contributed by atoms with Crippen LogP contribution in [0.3, 0.4) is 0 Å². The average Bonchev–Trinajstić information content (AvgIpc) is 3.17. The molecule has 2 aliphatic rings. The third-order valence-electron chi connectivity index (χ3n) is 5.71. The monoisotopic (exact) mass is 449 g/mol. The minimum atomic E-state index is -0.534. The zero-order chi connectivity index (χ0) is 23.5. The number of anilines is 1. The third-order valence-corrected chi connectivity index (χ3v) is 5.71. The van der Waals surface area contributed by atoms with Gasteiger partial charge < -0.3 is 30.2 Å². The first kappa shape index (κ1) is 23.8. The van der Waals surface area contributed by atoms with E-state index < -0.39 is 5.60 Å². The molecule has 1 aromatic rings.